The number of imidazole rings is 1. The first-order valence-corrected chi connectivity index (χ1v) is 9.52. The summed E-state index contributed by atoms with van der Waals surface area (Å²) in [5.41, 5.74) is 0. The molecule has 0 amide bonds. The molecule has 3 heteroatoms. The minimum Gasteiger partial charge on any atom is -0.351 e. The molecule has 22 heavy (non-hydrogen) atoms. The monoisotopic (exact) mass is 310 g/mol. The summed E-state index contributed by atoms with van der Waals surface area (Å²) >= 11 is 0. The number of nitrogens with zero attached hydrogens (tertiary/aromatic N) is 2. The molecule has 0 saturated heterocycles. The van der Waals surface area contributed by atoms with Gasteiger partial charge in [0.1, 0.15) is 0 Å². The maximum absolute atomic E-state index is 3.67. The molecular weight excluding hydrogens is 270 g/mol. The van der Waals surface area contributed by atoms with Gasteiger partial charge in [-0.15, -0.1) is 0 Å². The fraction of sp³-hybridized carbons (Fsp3) is 0.842. The number of H-pyrrole nitrogens is 1. The van der Waals surface area contributed by atoms with Crippen molar-refractivity contribution in [2.75, 3.05) is 26.2 Å². The van der Waals surface area contributed by atoms with Crippen molar-refractivity contribution in [3.05, 3.63) is 18.7 Å². The standard InChI is InChI=1S/C16H36N.C3H4N2/c1-5-9-13-17(14-10-6-2,15-11-7-3)16-12-8-4;1-2-5-3-4-1/h5-16H2,1-4H3;1-3H,(H,4,5)/q+1;. The SMILES string of the molecule is CCCC[N+](CCCC)(CCCC)CCCC.c1c[nH]cn1. The summed E-state index contributed by atoms with van der Waals surface area (Å²) in [5, 5.41) is 0. The van der Waals surface area contributed by atoms with Crippen LogP contribution in [0, 0.1) is 0 Å². The van der Waals surface area contributed by atoms with Crippen molar-refractivity contribution in [2.45, 2.75) is 79.1 Å². The molecule has 0 aliphatic heterocycles. The van der Waals surface area contributed by atoms with Crippen LogP contribution in [0.15, 0.2) is 18.7 Å². The Bertz CT molecular complexity index is 241. The zero-order chi connectivity index (χ0) is 16.5. The quantitative estimate of drug-likeness (QED) is 0.513. The van der Waals surface area contributed by atoms with Gasteiger partial charge in [0.25, 0.3) is 0 Å². The number of rotatable bonds is 12. The van der Waals surface area contributed by atoms with E-state index in [0.29, 0.717) is 0 Å². The lowest BCUT2D eigenvalue weighted by atomic mass is 10.1. The minimum atomic E-state index is 1.35. The second-order valence-corrected chi connectivity index (χ2v) is 6.41. The Hall–Kier alpha value is -0.830. The Morgan fingerprint density at radius 2 is 1.14 bits per heavy atom. The lowest BCUT2D eigenvalue weighted by Crippen LogP contribution is -2.50. The molecule has 0 spiro atoms. The number of quaternary nitrogens is 1. The van der Waals surface area contributed by atoms with Crippen molar-refractivity contribution >= 4 is 0 Å². The molecule has 0 bridgehead atoms. The summed E-state index contributed by atoms with van der Waals surface area (Å²) in [7, 11) is 0. The van der Waals surface area contributed by atoms with Crippen LogP contribution in [0.5, 0.6) is 0 Å². The third kappa shape index (κ3) is 10.8. The van der Waals surface area contributed by atoms with Gasteiger partial charge in [0, 0.05) is 12.4 Å². The lowest BCUT2D eigenvalue weighted by molar-refractivity contribution is -0.929. The van der Waals surface area contributed by atoms with Crippen molar-refractivity contribution in [3.63, 3.8) is 0 Å². The van der Waals surface area contributed by atoms with E-state index in [1.165, 1.54) is 82.0 Å². The highest BCUT2D eigenvalue weighted by Crippen LogP contribution is 2.16. The fourth-order valence-corrected chi connectivity index (χ4v) is 2.86. The molecule has 1 aromatic heterocycles. The maximum Gasteiger partial charge on any atom is 0.0919 e. The Kier molecular flexibility index (Phi) is 14.5. The molecule has 0 fully saturated rings. The van der Waals surface area contributed by atoms with Gasteiger partial charge in [0.15, 0.2) is 0 Å². The van der Waals surface area contributed by atoms with Crippen LogP contribution in [0.1, 0.15) is 79.1 Å². The van der Waals surface area contributed by atoms with E-state index in [2.05, 4.69) is 37.7 Å². The largest absolute Gasteiger partial charge is 0.351 e. The molecule has 0 radical (unpaired) electrons. The van der Waals surface area contributed by atoms with Crippen LogP contribution in [-0.4, -0.2) is 40.6 Å². The Labute approximate surface area is 139 Å². The minimum absolute atomic E-state index is 1.35. The van der Waals surface area contributed by atoms with Gasteiger partial charge < -0.3 is 9.47 Å². The summed E-state index contributed by atoms with van der Waals surface area (Å²) < 4.78 is 1.42. The normalized spacial score (nSPS) is 11.1. The van der Waals surface area contributed by atoms with Crippen molar-refractivity contribution in [1.29, 1.82) is 0 Å². The van der Waals surface area contributed by atoms with Gasteiger partial charge in [-0.1, -0.05) is 53.4 Å². The molecule has 3 nitrogen and oxygen atoms in total. The van der Waals surface area contributed by atoms with Crippen LogP contribution in [0.2, 0.25) is 0 Å². The summed E-state index contributed by atoms with van der Waals surface area (Å²) in [6.07, 6.45) is 16.1. The highest BCUT2D eigenvalue weighted by atomic mass is 15.3. The summed E-state index contributed by atoms with van der Waals surface area (Å²) in [6, 6.07) is 0. The molecule has 0 aliphatic carbocycles. The van der Waals surface area contributed by atoms with Crippen LogP contribution < -0.4 is 0 Å². The number of nitrogens with one attached hydrogen (secondary N) is 1. The molecule has 0 aliphatic rings. The smallest absolute Gasteiger partial charge is 0.0919 e. The van der Waals surface area contributed by atoms with Gasteiger partial charge in [-0.3, -0.25) is 0 Å². The Morgan fingerprint density at radius 3 is 1.32 bits per heavy atom. The molecule has 1 rings (SSSR count). The number of aromatic amines is 1. The van der Waals surface area contributed by atoms with Crippen LogP contribution >= 0.6 is 0 Å². The molecule has 1 N–H and O–H groups in total. The van der Waals surface area contributed by atoms with Gasteiger partial charge in [0.05, 0.1) is 32.5 Å². The number of unbranched alkanes of at least 4 members (excludes halogenated alkanes) is 4. The van der Waals surface area contributed by atoms with E-state index < -0.39 is 0 Å². The van der Waals surface area contributed by atoms with Crippen molar-refractivity contribution in [1.82, 2.24) is 9.97 Å². The number of hydrogen-bond acceptors (Lipinski definition) is 1. The van der Waals surface area contributed by atoms with E-state index >= 15 is 0 Å². The topological polar surface area (TPSA) is 28.7 Å². The van der Waals surface area contributed by atoms with E-state index in [-0.39, 0.29) is 0 Å². The highest BCUT2D eigenvalue weighted by molar-refractivity contribution is 4.64. The van der Waals surface area contributed by atoms with E-state index in [4.69, 9.17) is 0 Å². The first kappa shape index (κ1) is 21.2. The molecular formula is C19H40N3+. The van der Waals surface area contributed by atoms with Gasteiger partial charge >= 0.3 is 0 Å². The van der Waals surface area contributed by atoms with Crippen LogP contribution in [0.3, 0.4) is 0 Å². The maximum atomic E-state index is 3.67. The zero-order valence-electron chi connectivity index (χ0n) is 15.6. The third-order valence-corrected chi connectivity index (χ3v) is 4.35. The summed E-state index contributed by atoms with van der Waals surface area (Å²) in [4.78, 5) is 6.42. The van der Waals surface area contributed by atoms with E-state index in [1.807, 2.05) is 0 Å². The fourth-order valence-electron chi connectivity index (χ4n) is 2.86. The average molecular weight is 311 g/mol. The molecule has 1 heterocycles. The molecule has 0 aromatic carbocycles. The molecule has 0 unspecified atom stereocenters. The van der Waals surface area contributed by atoms with Crippen molar-refractivity contribution < 1.29 is 4.48 Å². The lowest BCUT2D eigenvalue weighted by Gasteiger charge is -2.39. The predicted molar refractivity (Wildman–Crippen MR) is 97.9 cm³/mol. The predicted octanol–water partition coefficient (Wildman–Crippen LogP) is 5.41. The van der Waals surface area contributed by atoms with Crippen molar-refractivity contribution in [2.24, 2.45) is 0 Å². The number of hydrogen-bond donors (Lipinski definition) is 1. The van der Waals surface area contributed by atoms with Crippen LogP contribution in [0.25, 0.3) is 0 Å². The van der Waals surface area contributed by atoms with Crippen molar-refractivity contribution in [3.8, 4) is 0 Å². The summed E-state index contributed by atoms with van der Waals surface area (Å²) in [5.74, 6) is 0. The molecule has 0 atom stereocenters. The van der Waals surface area contributed by atoms with Gasteiger partial charge in [0.2, 0.25) is 0 Å². The molecule has 130 valence electrons. The average Bonchev–Trinajstić information content (AvgIpc) is 3.13. The first-order chi connectivity index (χ1) is 10.7. The zero-order valence-corrected chi connectivity index (χ0v) is 15.6. The third-order valence-electron chi connectivity index (χ3n) is 4.35. The van der Waals surface area contributed by atoms with Gasteiger partial charge in [-0.05, 0) is 25.7 Å². The van der Waals surface area contributed by atoms with E-state index in [1.54, 1.807) is 18.7 Å². The Morgan fingerprint density at radius 1 is 0.727 bits per heavy atom. The van der Waals surface area contributed by atoms with Gasteiger partial charge in [-0.25, -0.2) is 4.98 Å². The number of aromatic nitrogens is 2. The molecule has 0 saturated carbocycles. The van der Waals surface area contributed by atoms with E-state index in [0.717, 1.165) is 0 Å². The van der Waals surface area contributed by atoms with Crippen LogP contribution in [0.4, 0.5) is 0 Å². The highest BCUT2D eigenvalue weighted by Gasteiger charge is 2.24. The van der Waals surface area contributed by atoms with E-state index in [9.17, 15) is 0 Å². The second-order valence-electron chi connectivity index (χ2n) is 6.41. The first-order valence-electron chi connectivity index (χ1n) is 9.52. The van der Waals surface area contributed by atoms with Crippen LogP contribution in [-0.2, 0) is 0 Å². The second kappa shape index (κ2) is 15.1. The Balaban J connectivity index is 0.000000734. The summed E-state index contributed by atoms with van der Waals surface area (Å²) in [6.45, 7) is 15.0. The van der Waals surface area contributed by atoms with Gasteiger partial charge in [-0.2, -0.15) is 0 Å². The molecule has 1 aromatic rings.